The zero-order chi connectivity index (χ0) is 13.9. The van der Waals surface area contributed by atoms with Crippen molar-refractivity contribution in [1.82, 2.24) is 15.0 Å². The molecule has 2 aromatic heterocycles. The molecule has 0 aliphatic carbocycles. The summed E-state index contributed by atoms with van der Waals surface area (Å²) in [7, 11) is 0. The van der Waals surface area contributed by atoms with E-state index in [1.54, 1.807) is 12.5 Å². The van der Waals surface area contributed by atoms with Crippen molar-refractivity contribution in [3.8, 4) is 11.3 Å². The third kappa shape index (κ3) is 2.30. The van der Waals surface area contributed by atoms with E-state index < -0.39 is 0 Å². The number of anilines is 2. The number of nitrogens with zero attached hydrogens (tertiary/aromatic N) is 3. The lowest BCUT2D eigenvalue weighted by Gasteiger charge is -2.16. The molecule has 3 heterocycles. The highest BCUT2D eigenvalue weighted by Crippen LogP contribution is 2.32. The summed E-state index contributed by atoms with van der Waals surface area (Å²) in [4.78, 5) is 13.1. The monoisotopic (exact) mass is 271 g/mol. The fourth-order valence-electron chi connectivity index (χ4n) is 2.33. The van der Waals surface area contributed by atoms with Crippen LogP contribution >= 0.6 is 0 Å². The molecule has 20 heavy (non-hydrogen) atoms. The topological polar surface area (TPSA) is 83.0 Å². The van der Waals surface area contributed by atoms with Crippen molar-refractivity contribution in [2.75, 3.05) is 23.8 Å². The molecule has 3 N–H and O–H groups in total. The fraction of sp³-hybridized carbons (Fsp3) is 0.357. The number of aliphatic hydroxyl groups excluding tert-OH is 1. The van der Waals surface area contributed by atoms with Gasteiger partial charge in [0, 0.05) is 29.9 Å². The smallest absolute Gasteiger partial charge is 0.135 e. The molecule has 0 spiro atoms. The Kier molecular flexibility index (Phi) is 3.47. The Morgan fingerprint density at radius 3 is 3.15 bits per heavy atom. The molecule has 2 aromatic rings. The summed E-state index contributed by atoms with van der Waals surface area (Å²) in [5.41, 5.74) is 2.95. The summed E-state index contributed by atoms with van der Waals surface area (Å²) in [5.74, 6) is 1.64. The van der Waals surface area contributed by atoms with Gasteiger partial charge >= 0.3 is 0 Å². The molecule has 1 unspecified atom stereocenters. The number of nitrogens with one attached hydrogen (secondary N) is 2. The van der Waals surface area contributed by atoms with Crippen LogP contribution in [0.2, 0.25) is 0 Å². The fourth-order valence-corrected chi connectivity index (χ4v) is 2.33. The van der Waals surface area contributed by atoms with Crippen molar-refractivity contribution < 1.29 is 5.11 Å². The average molecular weight is 271 g/mol. The van der Waals surface area contributed by atoms with Crippen LogP contribution in [0.25, 0.3) is 11.3 Å². The van der Waals surface area contributed by atoms with Crippen LogP contribution < -0.4 is 10.6 Å². The van der Waals surface area contributed by atoms with Gasteiger partial charge in [0.25, 0.3) is 0 Å². The minimum absolute atomic E-state index is 0.0430. The first-order valence-corrected chi connectivity index (χ1v) is 6.70. The Morgan fingerprint density at radius 2 is 2.30 bits per heavy atom. The minimum Gasteiger partial charge on any atom is -0.394 e. The number of fused-ring (bicyclic) bond motifs is 3. The second-order valence-electron chi connectivity index (χ2n) is 4.85. The van der Waals surface area contributed by atoms with Gasteiger partial charge in [-0.1, -0.05) is 0 Å². The van der Waals surface area contributed by atoms with Crippen molar-refractivity contribution in [3.63, 3.8) is 0 Å². The van der Waals surface area contributed by atoms with Gasteiger partial charge in [-0.2, -0.15) is 0 Å². The predicted octanol–water partition coefficient (Wildman–Crippen LogP) is 1.30. The molecule has 0 amide bonds. The maximum absolute atomic E-state index is 9.19. The highest BCUT2D eigenvalue weighted by atomic mass is 16.3. The normalized spacial score (nSPS) is 14.5. The quantitative estimate of drug-likeness (QED) is 0.780. The molecule has 3 rings (SSSR count). The van der Waals surface area contributed by atoms with Crippen molar-refractivity contribution in [2.45, 2.75) is 19.4 Å². The zero-order valence-electron chi connectivity index (χ0n) is 11.3. The Bertz CT molecular complexity index is 616. The maximum atomic E-state index is 9.19. The van der Waals surface area contributed by atoms with Crippen LogP contribution in [0.15, 0.2) is 24.7 Å². The highest BCUT2D eigenvalue weighted by Gasteiger charge is 2.20. The Balaban J connectivity index is 2.08. The van der Waals surface area contributed by atoms with Gasteiger partial charge in [0.15, 0.2) is 0 Å². The second kappa shape index (κ2) is 5.42. The largest absolute Gasteiger partial charge is 0.394 e. The van der Waals surface area contributed by atoms with E-state index in [1.165, 1.54) is 0 Å². The summed E-state index contributed by atoms with van der Waals surface area (Å²) in [6, 6.07) is 3.87. The van der Waals surface area contributed by atoms with E-state index >= 15 is 0 Å². The van der Waals surface area contributed by atoms with Gasteiger partial charge in [-0.3, -0.25) is 0 Å². The van der Waals surface area contributed by atoms with Gasteiger partial charge in [-0.05, 0) is 25.5 Å². The van der Waals surface area contributed by atoms with E-state index in [-0.39, 0.29) is 12.6 Å². The summed E-state index contributed by atoms with van der Waals surface area (Å²) in [6.45, 7) is 2.76. The van der Waals surface area contributed by atoms with Crippen LogP contribution in [0.1, 0.15) is 12.5 Å². The summed E-state index contributed by atoms with van der Waals surface area (Å²) < 4.78 is 0. The van der Waals surface area contributed by atoms with Gasteiger partial charge in [0.1, 0.15) is 18.0 Å². The number of hydrogen-bond acceptors (Lipinski definition) is 6. The van der Waals surface area contributed by atoms with E-state index in [9.17, 15) is 5.11 Å². The van der Waals surface area contributed by atoms with Crippen LogP contribution in [0, 0.1) is 0 Å². The van der Waals surface area contributed by atoms with Crippen LogP contribution in [0.4, 0.5) is 11.6 Å². The van der Waals surface area contributed by atoms with Gasteiger partial charge in [0.05, 0.1) is 12.3 Å². The SMILES string of the molecule is CC(CO)Nc1ncnc2c1CCNc1ncccc1-2. The van der Waals surface area contributed by atoms with Crippen molar-refractivity contribution in [1.29, 1.82) is 0 Å². The van der Waals surface area contributed by atoms with E-state index in [4.69, 9.17) is 0 Å². The molecular weight excluding hydrogens is 254 g/mol. The first-order valence-electron chi connectivity index (χ1n) is 6.70. The lowest BCUT2D eigenvalue weighted by atomic mass is 10.1. The number of rotatable bonds is 3. The number of hydrogen-bond donors (Lipinski definition) is 3. The Hall–Kier alpha value is -2.21. The van der Waals surface area contributed by atoms with Crippen LogP contribution in [-0.2, 0) is 6.42 Å². The standard InChI is InChI=1S/C14H17N5O/c1-9(7-20)19-14-11-4-6-16-13-10(3-2-5-15-13)12(11)17-8-18-14/h2-3,5,8-9,20H,4,6-7H2,1H3,(H,15,16)(H,17,18,19). The van der Waals surface area contributed by atoms with Crippen molar-refractivity contribution >= 4 is 11.6 Å². The second-order valence-corrected chi connectivity index (χ2v) is 4.85. The molecule has 0 saturated carbocycles. The summed E-state index contributed by atoms with van der Waals surface area (Å²) >= 11 is 0. The lowest BCUT2D eigenvalue weighted by Crippen LogP contribution is -2.21. The molecule has 1 aliphatic heterocycles. The van der Waals surface area contributed by atoms with Crippen LogP contribution in [-0.4, -0.2) is 39.3 Å². The van der Waals surface area contributed by atoms with Crippen LogP contribution in [0.5, 0.6) is 0 Å². The summed E-state index contributed by atoms with van der Waals surface area (Å²) in [5, 5.41) is 15.7. The highest BCUT2D eigenvalue weighted by molar-refractivity contribution is 5.78. The molecule has 6 heteroatoms. The third-order valence-corrected chi connectivity index (χ3v) is 3.33. The molecule has 1 aliphatic rings. The van der Waals surface area contributed by atoms with Gasteiger partial charge < -0.3 is 15.7 Å². The first-order chi connectivity index (χ1) is 9.79. The molecule has 0 radical (unpaired) electrons. The van der Waals surface area contributed by atoms with Crippen molar-refractivity contribution in [3.05, 3.63) is 30.2 Å². The van der Waals surface area contributed by atoms with Gasteiger partial charge in [0.2, 0.25) is 0 Å². The first kappa shape index (κ1) is 12.8. The predicted molar refractivity (Wildman–Crippen MR) is 77.6 cm³/mol. The summed E-state index contributed by atoms with van der Waals surface area (Å²) in [6.07, 6.45) is 4.13. The maximum Gasteiger partial charge on any atom is 0.135 e. The lowest BCUT2D eigenvalue weighted by molar-refractivity contribution is 0.281. The van der Waals surface area contributed by atoms with Gasteiger partial charge in [-0.15, -0.1) is 0 Å². The van der Waals surface area contributed by atoms with E-state index in [2.05, 4.69) is 25.6 Å². The Morgan fingerprint density at radius 1 is 1.40 bits per heavy atom. The van der Waals surface area contributed by atoms with E-state index in [0.29, 0.717) is 0 Å². The molecule has 0 aromatic carbocycles. The average Bonchev–Trinajstić information content (AvgIpc) is 2.67. The molecule has 0 fully saturated rings. The van der Waals surface area contributed by atoms with E-state index in [1.807, 2.05) is 19.1 Å². The van der Waals surface area contributed by atoms with Crippen molar-refractivity contribution in [2.24, 2.45) is 0 Å². The molecule has 6 nitrogen and oxygen atoms in total. The molecule has 1 atom stereocenters. The molecular formula is C14H17N5O. The van der Waals surface area contributed by atoms with Gasteiger partial charge in [-0.25, -0.2) is 15.0 Å². The number of aliphatic hydroxyl groups is 1. The number of pyridine rings is 1. The molecule has 0 saturated heterocycles. The number of aromatic nitrogens is 3. The molecule has 104 valence electrons. The Labute approximate surface area is 117 Å². The zero-order valence-corrected chi connectivity index (χ0v) is 11.3. The molecule has 0 bridgehead atoms. The minimum atomic E-state index is -0.0430. The van der Waals surface area contributed by atoms with E-state index in [0.717, 1.165) is 41.4 Å². The van der Waals surface area contributed by atoms with Crippen LogP contribution in [0.3, 0.4) is 0 Å². The third-order valence-electron chi connectivity index (χ3n) is 3.33.